The Morgan fingerprint density at radius 3 is 2.67 bits per heavy atom. The minimum Gasteiger partial charge on any atom is -0.280 e. The van der Waals surface area contributed by atoms with E-state index < -0.39 is 22.1 Å². The molecule has 0 aromatic carbocycles. The van der Waals surface area contributed by atoms with Gasteiger partial charge in [-0.25, -0.2) is 8.78 Å². The van der Waals surface area contributed by atoms with Crippen molar-refractivity contribution in [1.29, 1.82) is 0 Å². The molecule has 0 spiro atoms. The molecule has 0 bridgehead atoms. The van der Waals surface area contributed by atoms with Crippen LogP contribution in [0.2, 0.25) is 0 Å². The maximum Gasteiger partial charge on any atom is 0.235 e. The van der Waals surface area contributed by atoms with E-state index in [0.717, 1.165) is 12.2 Å². The summed E-state index contributed by atoms with van der Waals surface area (Å²) in [5.41, 5.74) is 0. The molecule has 1 aliphatic rings. The predicted octanol–water partition coefficient (Wildman–Crippen LogP) is 2.70. The van der Waals surface area contributed by atoms with Crippen molar-refractivity contribution in [2.24, 2.45) is 5.92 Å². The molecule has 1 nitrogen and oxygen atoms in total. The van der Waals surface area contributed by atoms with E-state index >= 15 is 0 Å². The highest BCUT2D eigenvalue weighted by molar-refractivity contribution is 6.64. The first kappa shape index (κ1) is 9.68. The van der Waals surface area contributed by atoms with Crippen LogP contribution in [-0.2, 0) is 4.79 Å². The van der Waals surface area contributed by atoms with E-state index in [1.165, 1.54) is 0 Å². The van der Waals surface area contributed by atoms with E-state index in [9.17, 15) is 13.6 Å². The van der Waals surface area contributed by atoms with Crippen LogP contribution in [0.25, 0.3) is 0 Å². The van der Waals surface area contributed by atoms with Gasteiger partial charge in [0.25, 0.3) is 0 Å². The van der Waals surface area contributed by atoms with Gasteiger partial charge in [-0.1, -0.05) is 17.7 Å². The molecular weight excluding hydrogens is 209 g/mol. The lowest BCUT2D eigenvalue weighted by molar-refractivity contribution is -0.113. The number of halogens is 4. The Balaban J connectivity index is 2.91. The minimum absolute atomic E-state index is 0.513. The molecule has 2 atom stereocenters. The number of rotatable bonds is 1. The number of hydrogen-bond acceptors (Lipinski definition) is 1. The molecule has 1 rings (SSSR count). The molecule has 0 N–H and O–H groups in total. The van der Waals surface area contributed by atoms with Crippen LogP contribution in [0, 0.1) is 5.92 Å². The lowest BCUT2D eigenvalue weighted by Crippen LogP contribution is -2.17. The van der Waals surface area contributed by atoms with E-state index in [0.29, 0.717) is 6.08 Å². The molecule has 0 saturated heterocycles. The Morgan fingerprint density at radius 1 is 1.67 bits per heavy atom. The molecular formula is C7H4Cl2F2O. The van der Waals surface area contributed by atoms with Crippen molar-refractivity contribution in [2.75, 3.05) is 0 Å². The summed E-state index contributed by atoms with van der Waals surface area (Å²) in [7, 11) is 0. The first-order valence-electron chi connectivity index (χ1n) is 3.07. The molecule has 0 aromatic rings. The van der Waals surface area contributed by atoms with Crippen LogP contribution in [0.4, 0.5) is 8.78 Å². The van der Waals surface area contributed by atoms with E-state index in [2.05, 4.69) is 0 Å². The van der Waals surface area contributed by atoms with Crippen molar-refractivity contribution in [3.8, 4) is 0 Å². The SMILES string of the molecule is O=C(Cl)C1C=CC(F)(Cl)C=C1F. The zero-order valence-electron chi connectivity index (χ0n) is 5.73. The molecule has 0 aliphatic heterocycles. The Hall–Kier alpha value is -0.410. The van der Waals surface area contributed by atoms with Gasteiger partial charge in [0.2, 0.25) is 10.4 Å². The van der Waals surface area contributed by atoms with Gasteiger partial charge in [-0.2, -0.15) is 0 Å². The highest BCUT2D eigenvalue weighted by Crippen LogP contribution is 2.32. The monoisotopic (exact) mass is 212 g/mol. The van der Waals surface area contributed by atoms with Gasteiger partial charge in [0.15, 0.2) is 0 Å². The normalized spacial score (nSPS) is 34.7. The van der Waals surface area contributed by atoms with Crippen LogP contribution >= 0.6 is 23.2 Å². The smallest absolute Gasteiger partial charge is 0.235 e. The second-order valence-electron chi connectivity index (χ2n) is 2.34. The minimum atomic E-state index is -2.34. The van der Waals surface area contributed by atoms with Crippen molar-refractivity contribution >= 4 is 28.4 Å². The summed E-state index contributed by atoms with van der Waals surface area (Å²) < 4.78 is 25.5. The van der Waals surface area contributed by atoms with Gasteiger partial charge in [0, 0.05) is 6.08 Å². The van der Waals surface area contributed by atoms with Crippen LogP contribution in [0.1, 0.15) is 0 Å². The average molecular weight is 213 g/mol. The number of hydrogen-bond donors (Lipinski definition) is 0. The second-order valence-corrected chi connectivity index (χ2v) is 3.30. The Morgan fingerprint density at radius 2 is 2.25 bits per heavy atom. The second kappa shape index (κ2) is 3.15. The predicted molar refractivity (Wildman–Crippen MR) is 42.4 cm³/mol. The third-order valence-corrected chi connectivity index (χ3v) is 1.85. The fourth-order valence-corrected chi connectivity index (χ4v) is 1.18. The van der Waals surface area contributed by atoms with Gasteiger partial charge in [0.1, 0.15) is 11.7 Å². The third-order valence-electron chi connectivity index (χ3n) is 1.38. The van der Waals surface area contributed by atoms with E-state index in [-0.39, 0.29) is 0 Å². The van der Waals surface area contributed by atoms with Crippen molar-refractivity contribution < 1.29 is 13.6 Å². The molecule has 0 amide bonds. The van der Waals surface area contributed by atoms with Crippen LogP contribution in [0.5, 0.6) is 0 Å². The molecule has 0 saturated carbocycles. The molecule has 0 aromatic heterocycles. The summed E-state index contributed by atoms with van der Waals surface area (Å²) in [5, 5.41) is -3.24. The Kier molecular flexibility index (Phi) is 2.54. The highest BCUT2D eigenvalue weighted by atomic mass is 35.5. The summed E-state index contributed by atoms with van der Waals surface area (Å²) in [4.78, 5) is 10.5. The van der Waals surface area contributed by atoms with Gasteiger partial charge in [-0.3, -0.25) is 4.79 Å². The summed E-state index contributed by atoms with van der Waals surface area (Å²) in [6, 6.07) is 0. The number of alkyl halides is 2. The Bertz CT molecular complexity index is 271. The van der Waals surface area contributed by atoms with Crippen molar-refractivity contribution in [2.45, 2.75) is 5.13 Å². The molecule has 5 heteroatoms. The molecule has 66 valence electrons. The molecule has 0 radical (unpaired) electrons. The first-order valence-corrected chi connectivity index (χ1v) is 3.83. The maximum absolute atomic E-state index is 12.8. The van der Waals surface area contributed by atoms with Crippen molar-refractivity contribution in [1.82, 2.24) is 0 Å². The van der Waals surface area contributed by atoms with Gasteiger partial charge in [-0.05, 0) is 17.7 Å². The third kappa shape index (κ3) is 2.05. The summed E-state index contributed by atoms with van der Waals surface area (Å²) in [6.07, 6.45) is 2.39. The zero-order valence-corrected chi connectivity index (χ0v) is 7.24. The molecule has 2 unspecified atom stereocenters. The fourth-order valence-electron chi connectivity index (χ4n) is 0.822. The van der Waals surface area contributed by atoms with Crippen molar-refractivity contribution in [3.05, 3.63) is 24.1 Å². The van der Waals surface area contributed by atoms with Crippen LogP contribution in [-0.4, -0.2) is 10.4 Å². The van der Waals surface area contributed by atoms with Crippen LogP contribution in [0.15, 0.2) is 24.1 Å². The fraction of sp³-hybridized carbons (Fsp3) is 0.286. The zero-order chi connectivity index (χ0) is 9.35. The number of allylic oxidation sites excluding steroid dienone is 4. The van der Waals surface area contributed by atoms with Crippen LogP contribution < -0.4 is 0 Å². The van der Waals surface area contributed by atoms with E-state index in [1.54, 1.807) is 0 Å². The largest absolute Gasteiger partial charge is 0.280 e. The molecule has 12 heavy (non-hydrogen) atoms. The quantitative estimate of drug-likeness (QED) is 0.371. The lowest BCUT2D eigenvalue weighted by atomic mass is 10.0. The van der Waals surface area contributed by atoms with Gasteiger partial charge < -0.3 is 0 Å². The Labute approximate surface area is 77.6 Å². The lowest BCUT2D eigenvalue weighted by Gasteiger charge is -2.16. The van der Waals surface area contributed by atoms with Gasteiger partial charge in [0.05, 0.1) is 0 Å². The van der Waals surface area contributed by atoms with Gasteiger partial charge in [-0.15, -0.1) is 0 Å². The topological polar surface area (TPSA) is 17.1 Å². The van der Waals surface area contributed by atoms with E-state index in [4.69, 9.17) is 23.2 Å². The van der Waals surface area contributed by atoms with Gasteiger partial charge >= 0.3 is 0 Å². The highest BCUT2D eigenvalue weighted by Gasteiger charge is 2.31. The summed E-state index contributed by atoms with van der Waals surface area (Å²) in [5.74, 6) is -2.16. The van der Waals surface area contributed by atoms with Crippen molar-refractivity contribution in [3.63, 3.8) is 0 Å². The van der Waals surface area contributed by atoms with Crippen LogP contribution in [0.3, 0.4) is 0 Å². The summed E-state index contributed by atoms with van der Waals surface area (Å²) >= 11 is 10.1. The molecule has 1 aliphatic carbocycles. The van der Waals surface area contributed by atoms with E-state index in [1.807, 2.05) is 0 Å². The number of carbonyl (C=O) groups excluding carboxylic acids is 1. The number of carbonyl (C=O) groups is 1. The summed E-state index contributed by atoms with van der Waals surface area (Å²) in [6.45, 7) is 0. The average Bonchev–Trinajstić information content (AvgIpc) is 1.83. The molecule has 0 heterocycles. The maximum atomic E-state index is 12.8. The first-order chi connectivity index (χ1) is 5.42. The standard InChI is InChI=1S/C7H4Cl2F2O/c8-6(12)4-1-2-7(9,11)3-5(4)10/h1-4H. The molecule has 0 fully saturated rings.